The highest BCUT2D eigenvalue weighted by Crippen LogP contribution is 2.31. The van der Waals surface area contributed by atoms with Crippen LogP contribution in [0.1, 0.15) is 20.9 Å². The van der Waals surface area contributed by atoms with E-state index < -0.39 is 0 Å². The van der Waals surface area contributed by atoms with Crippen molar-refractivity contribution >= 4 is 50.3 Å². The van der Waals surface area contributed by atoms with E-state index in [1.807, 2.05) is 48.7 Å². The fraction of sp³-hybridized carbons (Fsp3) is 0.105. The molecule has 0 aliphatic heterocycles. The maximum atomic E-state index is 12.8. The normalized spacial score (nSPS) is 10.9. The molecule has 0 radical (unpaired) electrons. The van der Waals surface area contributed by atoms with Gasteiger partial charge >= 0.3 is 0 Å². The van der Waals surface area contributed by atoms with Crippen molar-refractivity contribution < 1.29 is 4.79 Å². The summed E-state index contributed by atoms with van der Waals surface area (Å²) in [5.74, 6) is 0.489. The molecule has 8 heteroatoms. The van der Waals surface area contributed by atoms with Gasteiger partial charge in [-0.05, 0) is 30.0 Å². The summed E-state index contributed by atoms with van der Waals surface area (Å²) < 4.78 is 2.78. The second kappa shape index (κ2) is 7.75. The van der Waals surface area contributed by atoms with Gasteiger partial charge in [0.15, 0.2) is 0 Å². The van der Waals surface area contributed by atoms with Crippen molar-refractivity contribution in [1.82, 2.24) is 14.8 Å². The van der Waals surface area contributed by atoms with Gasteiger partial charge < -0.3 is 5.32 Å². The minimum Gasteiger partial charge on any atom is -0.306 e. The van der Waals surface area contributed by atoms with Crippen molar-refractivity contribution in [3.63, 3.8) is 0 Å². The number of thiophene rings is 1. The van der Waals surface area contributed by atoms with Crippen molar-refractivity contribution in [1.29, 1.82) is 0 Å². The van der Waals surface area contributed by atoms with Crippen LogP contribution in [0.25, 0.3) is 9.88 Å². The lowest BCUT2D eigenvalue weighted by Gasteiger charge is -2.10. The highest BCUT2D eigenvalue weighted by atomic mass is 79.9. The van der Waals surface area contributed by atoms with Crippen LogP contribution in [0.5, 0.6) is 0 Å². The molecule has 1 amide bonds. The van der Waals surface area contributed by atoms with Gasteiger partial charge in [-0.2, -0.15) is 5.10 Å². The zero-order valence-electron chi connectivity index (χ0n) is 14.3. The third kappa shape index (κ3) is 3.87. The van der Waals surface area contributed by atoms with Crippen LogP contribution in [0.3, 0.4) is 0 Å². The monoisotopic (exact) mass is 458 g/mol. The Balaban J connectivity index is 1.55. The molecule has 1 aromatic carbocycles. The van der Waals surface area contributed by atoms with Crippen molar-refractivity contribution in [3.8, 4) is 9.88 Å². The lowest BCUT2D eigenvalue weighted by atomic mass is 10.2. The average molecular weight is 459 g/mol. The number of hydrogen-bond donors (Lipinski definition) is 1. The summed E-state index contributed by atoms with van der Waals surface area (Å²) in [7, 11) is 0. The lowest BCUT2D eigenvalue weighted by Crippen LogP contribution is -2.16. The Morgan fingerprint density at radius 1 is 1.22 bits per heavy atom. The SMILES string of the molecule is Cc1nc(-c2cccs2)sc1C(=O)Nc1ccnn1Cc1ccccc1Br. The van der Waals surface area contributed by atoms with E-state index in [1.54, 1.807) is 28.3 Å². The number of aryl methyl sites for hydroxylation is 1. The minimum atomic E-state index is -0.165. The number of halogens is 1. The second-order valence-corrected chi connectivity index (χ2v) is 8.63. The van der Waals surface area contributed by atoms with E-state index in [4.69, 9.17) is 0 Å². The number of carbonyl (C=O) groups is 1. The predicted molar refractivity (Wildman–Crippen MR) is 114 cm³/mol. The second-order valence-electron chi connectivity index (χ2n) is 5.83. The van der Waals surface area contributed by atoms with Gasteiger partial charge in [0.05, 0.1) is 23.3 Å². The van der Waals surface area contributed by atoms with Crippen molar-refractivity contribution in [2.24, 2.45) is 0 Å². The quantitative estimate of drug-likeness (QED) is 0.433. The number of aromatic nitrogens is 3. The van der Waals surface area contributed by atoms with E-state index in [2.05, 4.69) is 31.3 Å². The van der Waals surface area contributed by atoms with Crippen LogP contribution < -0.4 is 5.32 Å². The van der Waals surface area contributed by atoms with Crippen LogP contribution in [-0.2, 0) is 6.54 Å². The van der Waals surface area contributed by atoms with E-state index >= 15 is 0 Å². The fourth-order valence-electron chi connectivity index (χ4n) is 2.64. The van der Waals surface area contributed by atoms with Gasteiger partial charge in [-0.1, -0.05) is 40.2 Å². The molecular weight excluding hydrogens is 444 g/mol. The molecule has 136 valence electrons. The largest absolute Gasteiger partial charge is 0.306 e. The van der Waals surface area contributed by atoms with Crippen LogP contribution in [-0.4, -0.2) is 20.7 Å². The maximum absolute atomic E-state index is 12.8. The van der Waals surface area contributed by atoms with Gasteiger partial charge in [0, 0.05) is 10.5 Å². The first kappa shape index (κ1) is 18.1. The first-order valence-electron chi connectivity index (χ1n) is 8.19. The number of hydrogen-bond acceptors (Lipinski definition) is 5. The number of nitrogens with one attached hydrogen (secondary N) is 1. The summed E-state index contributed by atoms with van der Waals surface area (Å²) >= 11 is 6.58. The Hall–Kier alpha value is -2.29. The highest BCUT2D eigenvalue weighted by Gasteiger charge is 2.18. The Labute approximate surface area is 172 Å². The Kier molecular flexibility index (Phi) is 5.20. The smallest absolute Gasteiger partial charge is 0.268 e. The zero-order valence-corrected chi connectivity index (χ0v) is 17.6. The molecular formula is C19H15BrN4OS2. The van der Waals surface area contributed by atoms with E-state index in [0.717, 1.165) is 25.6 Å². The van der Waals surface area contributed by atoms with Gasteiger partial charge in [0.1, 0.15) is 15.7 Å². The van der Waals surface area contributed by atoms with Gasteiger partial charge in [-0.3, -0.25) is 4.79 Å². The number of benzene rings is 1. The van der Waals surface area contributed by atoms with Crippen LogP contribution in [0.2, 0.25) is 0 Å². The summed E-state index contributed by atoms with van der Waals surface area (Å²) in [6, 6.07) is 13.8. The van der Waals surface area contributed by atoms with E-state index in [0.29, 0.717) is 17.2 Å². The molecule has 4 rings (SSSR count). The average Bonchev–Trinajstić information content (AvgIpc) is 3.38. The van der Waals surface area contributed by atoms with E-state index in [1.165, 1.54) is 11.3 Å². The summed E-state index contributed by atoms with van der Waals surface area (Å²) in [5.41, 5.74) is 1.82. The van der Waals surface area contributed by atoms with Gasteiger partial charge in [-0.25, -0.2) is 9.67 Å². The van der Waals surface area contributed by atoms with Crippen LogP contribution in [0.4, 0.5) is 5.82 Å². The molecule has 0 saturated heterocycles. The van der Waals surface area contributed by atoms with E-state index in [-0.39, 0.29) is 5.91 Å². The van der Waals surface area contributed by atoms with Gasteiger partial charge in [-0.15, -0.1) is 22.7 Å². The molecule has 0 aliphatic carbocycles. The fourth-order valence-corrected chi connectivity index (χ4v) is 4.81. The van der Waals surface area contributed by atoms with Crippen LogP contribution >= 0.6 is 38.6 Å². The molecule has 0 unspecified atom stereocenters. The molecule has 0 atom stereocenters. The number of anilines is 1. The number of carbonyl (C=O) groups excluding carboxylic acids is 1. The molecule has 0 spiro atoms. The molecule has 0 saturated carbocycles. The molecule has 3 heterocycles. The summed E-state index contributed by atoms with van der Waals surface area (Å²) in [6.07, 6.45) is 1.68. The third-order valence-corrected chi connectivity index (χ3v) is 6.94. The number of amides is 1. The molecule has 3 aromatic heterocycles. The third-order valence-electron chi connectivity index (χ3n) is 3.97. The number of thiazole rings is 1. The van der Waals surface area contributed by atoms with Crippen molar-refractivity contribution in [2.45, 2.75) is 13.5 Å². The predicted octanol–water partition coefficient (Wildman–Crippen LogP) is 5.44. The van der Waals surface area contributed by atoms with Crippen LogP contribution in [0, 0.1) is 6.92 Å². The lowest BCUT2D eigenvalue weighted by molar-refractivity contribution is 0.102. The summed E-state index contributed by atoms with van der Waals surface area (Å²) in [4.78, 5) is 19.0. The highest BCUT2D eigenvalue weighted by molar-refractivity contribution is 9.10. The Bertz CT molecular complexity index is 1090. The van der Waals surface area contributed by atoms with E-state index in [9.17, 15) is 4.79 Å². The first-order chi connectivity index (χ1) is 13.1. The molecule has 4 aromatic rings. The molecule has 0 aliphatic rings. The summed E-state index contributed by atoms with van der Waals surface area (Å²) in [6.45, 7) is 2.42. The molecule has 0 fully saturated rings. The minimum absolute atomic E-state index is 0.165. The first-order valence-corrected chi connectivity index (χ1v) is 10.7. The topological polar surface area (TPSA) is 59.8 Å². The van der Waals surface area contributed by atoms with Crippen LogP contribution in [0.15, 0.2) is 58.5 Å². The molecule has 0 bridgehead atoms. The Morgan fingerprint density at radius 2 is 2.07 bits per heavy atom. The number of rotatable bonds is 5. The number of nitrogens with zero attached hydrogens (tertiary/aromatic N) is 3. The standard InChI is InChI=1S/C19H15BrN4OS2/c1-12-17(27-19(22-12)15-7-4-10-26-15)18(25)23-16-8-9-21-24(16)11-13-5-2-3-6-14(13)20/h2-10H,11H2,1H3,(H,23,25). The Morgan fingerprint density at radius 3 is 2.85 bits per heavy atom. The maximum Gasteiger partial charge on any atom is 0.268 e. The molecule has 1 N–H and O–H groups in total. The molecule has 27 heavy (non-hydrogen) atoms. The van der Waals surface area contributed by atoms with Crippen molar-refractivity contribution in [2.75, 3.05) is 5.32 Å². The molecule has 5 nitrogen and oxygen atoms in total. The van der Waals surface area contributed by atoms with Gasteiger partial charge in [0.25, 0.3) is 5.91 Å². The summed E-state index contributed by atoms with van der Waals surface area (Å²) in [5, 5.41) is 10.2. The zero-order chi connectivity index (χ0) is 18.8. The van der Waals surface area contributed by atoms with Crippen molar-refractivity contribution in [3.05, 3.63) is 74.6 Å². The van der Waals surface area contributed by atoms with Gasteiger partial charge in [0.2, 0.25) is 0 Å².